The fourth-order valence-electron chi connectivity index (χ4n) is 1.49. The Morgan fingerprint density at radius 2 is 2.44 bits per heavy atom. The van der Waals surface area contributed by atoms with Crippen LogP contribution in [0.3, 0.4) is 0 Å². The van der Waals surface area contributed by atoms with Crippen molar-refractivity contribution in [1.82, 2.24) is 14.8 Å². The number of hydrogen-bond acceptors (Lipinski definition) is 4. The van der Waals surface area contributed by atoms with E-state index < -0.39 is 0 Å². The summed E-state index contributed by atoms with van der Waals surface area (Å²) in [5, 5.41) is 11.6. The van der Waals surface area contributed by atoms with Crippen LogP contribution in [0.1, 0.15) is 19.3 Å². The van der Waals surface area contributed by atoms with E-state index in [0.717, 1.165) is 23.9 Å². The number of aromatic nitrogens is 3. The van der Waals surface area contributed by atoms with Gasteiger partial charge in [-0.1, -0.05) is 11.8 Å². The van der Waals surface area contributed by atoms with Crippen molar-refractivity contribution in [3.8, 4) is 0 Å². The second-order valence-electron chi connectivity index (χ2n) is 3.50. The van der Waals surface area contributed by atoms with E-state index in [1.54, 1.807) is 11.8 Å². The van der Waals surface area contributed by atoms with Gasteiger partial charge in [-0.25, -0.2) is 0 Å². The standard InChI is InChI=1S/C9H13ClN4OS/c10-4-1-3-7(15)11-8-12-13-9-14(8)5-2-6-16-9/h1-6H2,(H,11,12,15). The average Bonchev–Trinajstić information content (AvgIpc) is 2.70. The van der Waals surface area contributed by atoms with Gasteiger partial charge < -0.3 is 0 Å². The second kappa shape index (κ2) is 5.54. The fraction of sp³-hybridized carbons (Fsp3) is 0.667. The molecule has 2 heterocycles. The first-order chi connectivity index (χ1) is 7.81. The van der Waals surface area contributed by atoms with Gasteiger partial charge in [-0.05, 0) is 12.8 Å². The highest BCUT2D eigenvalue weighted by Crippen LogP contribution is 2.25. The molecule has 0 saturated carbocycles. The molecule has 7 heteroatoms. The van der Waals surface area contributed by atoms with Crippen LogP contribution in [0.15, 0.2) is 5.16 Å². The van der Waals surface area contributed by atoms with Crippen molar-refractivity contribution in [3.05, 3.63) is 0 Å². The molecule has 0 aliphatic carbocycles. The van der Waals surface area contributed by atoms with Gasteiger partial charge in [0.2, 0.25) is 11.9 Å². The number of nitrogens with one attached hydrogen (secondary N) is 1. The molecule has 0 atom stereocenters. The van der Waals surface area contributed by atoms with E-state index in [-0.39, 0.29) is 5.91 Å². The smallest absolute Gasteiger partial charge is 0.231 e. The maximum absolute atomic E-state index is 11.5. The average molecular weight is 261 g/mol. The molecular formula is C9H13ClN4OS. The Balaban J connectivity index is 1.99. The van der Waals surface area contributed by atoms with Crippen LogP contribution < -0.4 is 5.32 Å². The molecule has 1 aliphatic heterocycles. The third-order valence-electron chi connectivity index (χ3n) is 2.26. The van der Waals surface area contributed by atoms with Gasteiger partial charge in [-0.2, -0.15) is 0 Å². The van der Waals surface area contributed by atoms with Gasteiger partial charge in [-0.3, -0.25) is 14.7 Å². The number of rotatable bonds is 4. The predicted octanol–water partition coefficient (Wildman–Crippen LogP) is 1.73. The van der Waals surface area contributed by atoms with E-state index in [9.17, 15) is 4.79 Å². The van der Waals surface area contributed by atoms with E-state index >= 15 is 0 Å². The number of carbonyl (C=O) groups is 1. The molecule has 2 rings (SSSR count). The number of carbonyl (C=O) groups excluding carboxylic acids is 1. The lowest BCUT2D eigenvalue weighted by molar-refractivity contribution is -0.116. The summed E-state index contributed by atoms with van der Waals surface area (Å²) in [6.07, 6.45) is 2.20. The van der Waals surface area contributed by atoms with Crippen LogP contribution in [-0.2, 0) is 11.3 Å². The third kappa shape index (κ3) is 2.68. The Morgan fingerprint density at radius 1 is 1.56 bits per heavy atom. The molecule has 0 spiro atoms. The number of fused-ring (bicyclic) bond motifs is 1. The molecule has 0 radical (unpaired) electrons. The molecule has 1 amide bonds. The minimum absolute atomic E-state index is 0.0496. The van der Waals surface area contributed by atoms with Crippen LogP contribution in [0.4, 0.5) is 5.95 Å². The Morgan fingerprint density at radius 3 is 3.25 bits per heavy atom. The van der Waals surface area contributed by atoms with Crippen molar-refractivity contribution in [2.24, 2.45) is 0 Å². The van der Waals surface area contributed by atoms with E-state index in [1.807, 2.05) is 4.57 Å². The van der Waals surface area contributed by atoms with Crippen molar-refractivity contribution in [3.63, 3.8) is 0 Å². The van der Waals surface area contributed by atoms with Crippen LogP contribution in [0.5, 0.6) is 0 Å². The molecule has 16 heavy (non-hydrogen) atoms. The normalized spacial score (nSPS) is 14.6. The van der Waals surface area contributed by atoms with Crippen molar-refractivity contribution in [2.75, 3.05) is 16.9 Å². The molecular weight excluding hydrogens is 248 g/mol. The highest BCUT2D eigenvalue weighted by atomic mass is 35.5. The number of anilines is 1. The number of halogens is 1. The van der Waals surface area contributed by atoms with Crippen molar-refractivity contribution in [1.29, 1.82) is 0 Å². The lowest BCUT2D eigenvalue weighted by Crippen LogP contribution is -2.17. The van der Waals surface area contributed by atoms with Crippen LogP contribution in [0.2, 0.25) is 0 Å². The molecule has 0 bridgehead atoms. The summed E-state index contributed by atoms with van der Waals surface area (Å²) in [5.74, 6) is 2.08. The van der Waals surface area contributed by atoms with Crippen LogP contribution >= 0.6 is 23.4 Å². The van der Waals surface area contributed by atoms with Gasteiger partial charge in [0.1, 0.15) is 0 Å². The van der Waals surface area contributed by atoms with E-state index in [0.29, 0.717) is 24.7 Å². The molecule has 88 valence electrons. The molecule has 1 aliphatic rings. The molecule has 0 saturated heterocycles. The van der Waals surface area contributed by atoms with Crippen LogP contribution in [-0.4, -0.2) is 32.3 Å². The molecule has 1 aromatic heterocycles. The zero-order chi connectivity index (χ0) is 11.4. The van der Waals surface area contributed by atoms with E-state index in [1.165, 1.54) is 0 Å². The fourth-order valence-corrected chi connectivity index (χ4v) is 2.51. The minimum atomic E-state index is -0.0496. The molecule has 0 aromatic carbocycles. The first-order valence-corrected chi connectivity index (χ1v) is 6.75. The van der Waals surface area contributed by atoms with E-state index in [2.05, 4.69) is 15.5 Å². The lowest BCUT2D eigenvalue weighted by atomic mass is 10.3. The summed E-state index contributed by atoms with van der Waals surface area (Å²) in [6, 6.07) is 0. The Hall–Kier alpha value is -0.750. The van der Waals surface area contributed by atoms with Crippen LogP contribution in [0, 0.1) is 0 Å². The predicted molar refractivity (Wildman–Crippen MR) is 63.9 cm³/mol. The minimum Gasteiger partial charge on any atom is -0.295 e. The Labute approximate surface area is 103 Å². The van der Waals surface area contributed by atoms with Crippen molar-refractivity contribution < 1.29 is 4.79 Å². The highest BCUT2D eigenvalue weighted by molar-refractivity contribution is 7.99. The summed E-state index contributed by atoms with van der Waals surface area (Å²) < 4.78 is 1.95. The molecule has 0 fully saturated rings. The Kier molecular flexibility index (Phi) is 4.06. The van der Waals surface area contributed by atoms with Gasteiger partial charge in [0, 0.05) is 24.6 Å². The van der Waals surface area contributed by atoms with Gasteiger partial charge >= 0.3 is 0 Å². The van der Waals surface area contributed by atoms with Crippen molar-refractivity contribution in [2.45, 2.75) is 31.0 Å². The van der Waals surface area contributed by atoms with Crippen molar-refractivity contribution >= 4 is 35.2 Å². The highest BCUT2D eigenvalue weighted by Gasteiger charge is 2.17. The van der Waals surface area contributed by atoms with E-state index in [4.69, 9.17) is 11.6 Å². The van der Waals surface area contributed by atoms with Crippen LogP contribution in [0.25, 0.3) is 0 Å². The maximum atomic E-state index is 11.5. The number of amides is 1. The summed E-state index contributed by atoms with van der Waals surface area (Å²) >= 11 is 7.20. The number of nitrogens with zero attached hydrogens (tertiary/aromatic N) is 3. The maximum Gasteiger partial charge on any atom is 0.231 e. The monoisotopic (exact) mass is 260 g/mol. The quantitative estimate of drug-likeness (QED) is 0.838. The number of hydrogen-bond donors (Lipinski definition) is 1. The summed E-state index contributed by atoms with van der Waals surface area (Å²) in [6.45, 7) is 0.875. The summed E-state index contributed by atoms with van der Waals surface area (Å²) in [4.78, 5) is 11.5. The van der Waals surface area contributed by atoms with Gasteiger partial charge in [0.25, 0.3) is 0 Å². The molecule has 5 nitrogen and oxygen atoms in total. The second-order valence-corrected chi connectivity index (χ2v) is 4.94. The summed E-state index contributed by atoms with van der Waals surface area (Å²) in [5.41, 5.74) is 0. The summed E-state index contributed by atoms with van der Waals surface area (Å²) in [7, 11) is 0. The van der Waals surface area contributed by atoms with Gasteiger partial charge in [0.05, 0.1) is 0 Å². The van der Waals surface area contributed by atoms with Gasteiger partial charge in [0.15, 0.2) is 5.16 Å². The first kappa shape index (κ1) is 11.7. The first-order valence-electron chi connectivity index (χ1n) is 5.23. The Bertz CT molecular complexity index is 382. The number of thioether (sulfide) groups is 1. The zero-order valence-electron chi connectivity index (χ0n) is 8.78. The molecule has 0 unspecified atom stereocenters. The molecule has 1 aromatic rings. The lowest BCUT2D eigenvalue weighted by Gasteiger charge is -2.14. The topological polar surface area (TPSA) is 59.8 Å². The zero-order valence-corrected chi connectivity index (χ0v) is 10.4. The molecule has 1 N–H and O–H groups in total. The SMILES string of the molecule is O=C(CCCCl)Nc1nnc2n1CCCS2. The third-order valence-corrected chi connectivity index (χ3v) is 3.58. The largest absolute Gasteiger partial charge is 0.295 e. The van der Waals surface area contributed by atoms with Gasteiger partial charge in [-0.15, -0.1) is 21.8 Å². The number of alkyl halides is 1.